The van der Waals surface area contributed by atoms with Crippen LogP contribution in [-0.2, 0) is 28.9 Å². The minimum Gasteiger partial charge on any atom is -0.465 e. The van der Waals surface area contributed by atoms with Crippen LogP contribution >= 0.6 is 11.6 Å². The highest BCUT2D eigenvalue weighted by molar-refractivity contribution is 7.92. The number of sulfone groups is 1. The van der Waals surface area contributed by atoms with Gasteiger partial charge in [-0.05, 0) is 55.8 Å². The maximum Gasteiger partial charge on any atom is 0.325 e. The summed E-state index contributed by atoms with van der Waals surface area (Å²) in [5.74, 6) is -2.02. The van der Waals surface area contributed by atoms with E-state index in [1.54, 1.807) is 32.0 Å². The third kappa shape index (κ3) is 3.40. The molecule has 0 bridgehead atoms. The van der Waals surface area contributed by atoms with E-state index in [9.17, 15) is 18.0 Å². The van der Waals surface area contributed by atoms with Crippen LogP contribution < -0.4 is 9.47 Å². The number of carbonyl (C=O) groups is 2. The number of rotatable bonds is 7. The van der Waals surface area contributed by atoms with E-state index in [0.717, 1.165) is 0 Å². The zero-order valence-corrected chi connectivity index (χ0v) is 18.9. The Bertz CT molecular complexity index is 1140. The van der Waals surface area contributed by atoms with E-state index < -0.39 is 38.4 Å². The lowest BCUT2D eigenvalue weighted by Crippen LogP contribution is -2.35. The topological polar surface area (TPSA) is 105 Å². The van der Waals surface area contributed by atoms with Gasteiger partial charge in [-0.2, -0.15) is 0 Å². The summed E-state index contributed by atoms with van der Waals surface area (Å²) < 4.78 is 48.4. The van der Waals surface area contributed by atoms with Crippen LogP contribution in [0.2, 0.25) is 5.02 Å². The molecule has 2 aliphatic rings. The molecule has 1 heterocycles. The van der Waals surface area contributed by atoms with Crippen molar-refractivity contribution in [1.82, 2.24) is 0 Å². The smallest absolute Gasteiger partial charge is 0.325 e. The predicted molar refractivity (Wildman–Crippen MR) is 113 cm³/mol. The maximum absolute atomic E-state index is 13.6. The van der Waals surface area contributed by atoms with Crippen LogP contribution in [0, 0.1) is 5.41 Å². The third-order valence-electron chi connectivity index (χ3n) is 5.59. The Kier molecular flexibility index (Phi) is 5.81. The van der Waals surface area contributed by atoms with Gasteiger partial charge in [0.05, 0.1) is 18.1 Å². The molecule has 1 aliphatic carbocycles. The molecule has 10 heteroatoms. The first kappa shape index (κ1) is 22.4. The van der Waals surface area contributed by atoms with Gasteiger partial charge < -0.3 is 18.9 Å². The highest BCUT2D eigenvalue weighted by Gasteiger charge is 2.82. The highest BCUT2D eigenvalue weighted by atomic mass is 35.5. The molecule has 2 aromatic rings. The summed E-state index contributed by atoms with van der Waals surface area (Å²) in [6, 6.07) is 10.4. The molecule has 0 aromatic heterocycles. The van der Waals surface area contributed by atoms with Gasteiger partial charge in [0.2, 0.25) is 6.79 Å². The number of halogens is 1. The van der Waals surface area contributed by atoms with Crippen LogP contribution in [0.1, 0.15) is 25.3 Å². The van der Waals surface area contributed by atoms with E-state index in [4.69, 9.17) is 30.5 Å². The standard InChI is InChI=1S/C22H21ClO8S/c1-3-28-20(24)22(21(25)29-4-2)18(13-5-10-16-17(11-13)31-12-30-16)19(22)32(26,27)15-8-6-14(23)7-9-15/h5-11,18-19H,3-4,12H2,1-2H3/t18-,19+/m1/s1. The van der Waals surface area contributed by atoms with E-state index in [1.807, 2.05) is 0 Å². The van der Waals surface area contributed by atoms with E-state index in [1.165, 1.54) is 24.3 Å². The average molecular weight is 481 g/mol. The lowest BCUT2D eigenvalue weighted by molar-refractivity contribution is -0.164. The summed E-state index contributed by atoms with van der Waals surface area (Å²) in [5, 5.41) is -1.07. The van der Waals surface area contributed by atoms with E-state index in [-0.39, 0.29) is 24.9 Å². The minimum atomic E-state index is -4.16. The summed E-state index contributed by atoms with van der Waals surface area (Å²) in [5.41, 5.74) is -1.61. The monoisotopic (exact) mass is 480 g/mol. The Morgan fingerprint density at radius 1 is 1.00 bits per heavy atom. The first-order chi connectivity index (χ1) is 15.3. The Morgan fingerprint density at radius 3 is 2.19 bits per heavy atom. The number of esters is 2. The number of fused-ring (bicyclic) bond motifs is 1. The fourth-order valence-electron chi connectivity index (χ4n) is 4.17. The Morgan fingerprint density at radius 2 is 1.59 bits per heavy atom. The van der Waals surface area contributed by atoms with Crippen molar-refractivity contribution < 1.29 is 37.0 Å². The molecule has 32 heavy (non-hydrogen) atoms. The Labute approximate surface area is 190 Å². The van der Waals surface area contributed by atoms with E-state index in [2.05, 4.69) is 0 Å². The zero-order chi connectivity index (χ0) is 23.1. The first-order valence-corrected chi connectivity index (χ1v) is 11.9. The molecule has 2 aromatic carbocycles. The molecule has 8 nitrogen and oxygen atoms in total. The van der Waals surface area contributed by atoms with Crippen molar-refractivity contribution in [2.75, 3.05) is 20.0 Å². The normalized spacial score (nSPS) is 20.5. The molecule has 0 spiro atoms. The Hall–Kier alpha value is -2.78. The van der Waals surface area contributed by atoms with Crippen molar-refractivity contribution >= 4 is 33.4 Å². The van der Waals surface area contributed by atoms with Crippen LogP contribution in [-0.4, -0.2) is 45.6 Å². The largest absolute Gasteiger partial charge is 0.465 e. The molecule has 170 valence electrons. The fraction of sp³-hybridized carbons (Fsp3) is 0.364. The van der Waals surface area contributed by atoms with Gasteiger partial charge in [-0.1, -0.05) is 17.7 Å². The molecule has 1 fully saturated rings. The third-order valence-corrected chi connectivity index (χ3v) is 8.09. The molecule has 0 saturated heterocycles. The lowest BCUT2D eigenvalue weighted by atomic mass is 9.98. The van der Waals surface area contributed by atoms with Gasteiger partial charge in [0.25, 0.3) is 0 Å². The number of hydrogen-bond acceptors (Lipinski definition) is 8. The fourth-order valence-corrected chi connectivity index (χ4v) is 6.58. The van der Waals surface area contributed by atoms with Crippen LogP contribution in [0.5, 0.6) is 11.5 Å². The van der Waals surface area contributed by atoms with Gasteiger partial charge in [0.15, 0.2) is 26.8 Å². The van der Waals surface area contributed by atoms with Crippen LogP contribution in [0.15, 0.2) is 47.4 Å². The van der Waals surface area contributed by atoms with Gasteiger partial charge in [-0.3, -0.25) is 9.59 Å². The van der Waals surface area contributed by atoms with Crippen molar-refractivity contribution in [3.63, 3.8) is 0 Å². The van der Waals surface area contributed by atoms with Gasteiger partial charge in [0.1, 0.15) is 5.25 Å². The van der Waals surface area contributed by atoms with Gasteiger partial charge >= 0.3 is 11.9 Å². The molecule has 2 atom stereocenters. The van der Waals surface area contributed by atoms with Crippen molar-refractivity contribution in [3.8, 4) is 11.5 Å². The average Bonchev–Trinajstić information content (AvgIpc) is 3.29. The summed E-state index contributed by atoms with van der Waals surface area (Å²) >= 11 is 5.91. The van der Waals surface area contributed by atoms with Gasteiger partial charge in [0, 0.05) is 10.9 Å². The van der Waals surface area contributed by atoms with Crippen molar-refractivity contribution in [1.29, 1.82) is 0 Å². The molecular weight excluding hydrogens is 460 g/mol. The number of hydrogen-bond donors (Lipinski definition) is 0. The molecule has 0 amide bonds. The van der Waals surface area contributed by atoms with Crippen LogP contribution in [0.4, 0.5) is 0 Å². The van der Waals surface area contributed by atoms with E-state index in [0.29, 0.717) is 22.1 Å². The molecular formula is C22H21ClO8S. The minimum absolute atomic E-state index is 0.0247. The van der Waals surface area contributed by atoms with Gasteiger partial charge in [-0.25, -0.2) is 8.42 Å². The van der Waals surface area contributed by atoms with Gasteiger partial charge in [-0.15, -0.1) is 0 Å². The maximum atomic E-state index is 13.6. The summed E-state index contributed by atoms with van der Waals surface area (Å²) in [4.78, 5) is 26.2. The van der Waals surface area contributed by atoms with Crippen LogP contribution in [0.3, 0.4) is 0 Å². The predicted octanol–water partition coefficient (Wildman–Crippen LogP) is 3.12. The summed E-state index contributed by atoms with van der Waals surface area (Å²) in [6.45, 7) is 3.13. The van der Waals surface area contributed by atoms with Crippen molar-refractivity contribution in [2.45, 2.75) is 29.9 Å². The molecule has 0 unspecified atom stereocenters. The zero-order valence-electron chi connectivity index (χ0n) is 17.4. The number of ether oxygens (including phenoxy) is 4. The molecule has 0 radical (unpaired) electrons. The van der Waals surface area contributed by atoms with E-state index >= 15 is 0 Å². The second-order valence-corrected chi connectivity index (χ2v) is 9.83. The molecule has 1 saturated carbocycles. The second-order valence-electron chi connectivity index (χ2n) is 7.32. The first-order valence-electron chi connectivity index (χ1n) is 10.0. The van der Waals surface area contributed by atoms with Crippen LogP contribution in [0.25, 0.3) is 0 Å². The molecule has 0 N–H and O–H groups in total. The molecule has 1 aliphatic heterocycles. The Balaban J connectivity index is 1.88. The lowest BCUT2D eigenvalue weighted by Gasteiger charge is -2.15. The molecule has 4 rings (SSSR count). The summed E-state index contributed by atoms with van der Waals surface area (Å²) in [7, 11) is -4.16. The number of carbonyl (C=O) groups excluding carboxylic acids is 2. The van der Waals surface area contributed by atoms with Crippen molar-refractivity contribution in [3.05, 3.63) is 53.1 Å². The second kappa shape index (κ2) is 8.29. The number of benzene rings is 2. The quantitative estimate of drug-likeness (QED) is 0.439. The summed E-state index contributed by atoms with van der Waals surface area (Å²) in [6.07, 6.45) is 0. The SMILES string of the molecule is CCOC(=O)C1(C(=O)OCC)[C@H](c2ccc3c(c2)OCO3)[C@@H]1S(=O)(=O)c1ccc(Cl)cc1. The van der Waals surface area contributed by atoms with Crippen molar-refractivity contribution in [2.24, 2.45) is 5.41 Å². The highest BCUT2D eigenvalue weighted by Crippen LogP contribution is 2.66.